The van der Waals surface area contributed by atoms with Crippen molar-refractivity contribution < 1.29 is 18.7 Å². The van der Waals surface area contributed by atoms with E-state index in [9.17, 15) is 14.3 Å². The van der Waals surface area contributed by atoms with E-state index >= 15 is 0 Å². The number of aliphatic hydroxyl groups is 1. The molecular formula is C24H19FN6O3. The number of carbonyl (C=O) groups is 1. The molecule has 2 N–H and O–H groups in total. The summed E-state index contributed by atoms with van der Waals surface area (Å²) in [4.78, 5) is 25.3. The van der Waals surface area contributed by atoms with Crippen molar-refractivity contribution in [3.8, 4) is 16.9 Å². The largest absolute Gasteiger partial charge is 0.436 e. The highest BCUT2D eigenvalue weighted by molar-refractivity contribution is 6.03. The number of rotatable bonds is 5. The van der Waals surface area contributed by atoms with Crippen molar-refractivity contribution in [2.45, 2.75) is 20.5 Å². The number of amides is 1. The Labute approximate surface area is 192 Å². The van der Waals surface area contributed by atoms with Gasteiger partial charge in [0.1, 0.15) is 11.5 Å². The molecule has 0 saturated heterocycles. The summed E-state index contributed by atoms with van der Waals surface area (Å²) in [7, 11) is 0. The monoisotopic (exact) mass is 458 g/mol. The highest BCUT2D eigenvalue weighted by Crippen LogP contribution is 2.26. The Hall–Kier alpha value is -4.44. The minimum atomic E-state index is -0.523. The summed E-state index contributed by atoms with van der Waals surface area (Å²) in [6.07, 6.45) is 4.89. The second-order valence-corrected chi connectivity index (χ2v) is 7.65. The van der Waals surface area contributed by atoms with Crippen LogP contribution >= 0.6 is 0 Å². The molecule has 0 fully saturated rings. The molecule has 10 heteroatoms. The van der Waals surface area contributed by atoms with E-state index in [2.05, 4.69) is 25.4 Å². The predicted molar refractivity (Wildman–Crippen MR) is 122 cm³/mol. The lowest BCUT2D eigenvalue weighted by atomic mass is 10.1. The molecule has 5 rings (SSSR count). The number of hydrogen-bond acceptors (Lipinski definition) is 7. The maximum Gasteiger partial charge on any atom is 0.293 e. The summed E-state index contributed by atoms with van der Waals surface area (Å²) in [6.45, 7) is 3.17. The Bertz CT molecular complexity index is 1540. The Morgan fingerprint density at radius 3 is 2.82 bits per heavy atom. The van der Waals surface area contributed by atoms with Crippen LogP contribution in [-0.4, -0.2) is 35.7 Å². The second-order valence-electron chi connectivity index (χ2n) is 7.65. The number of pyridine rings is 2. The second kappa shape index (κ2) is 8.49. The van der Waals surface area contributed by atoms with Gasteiger partial charge in [-0.3, -0.25) is 9.78 Å². The molecule has 1 amide bonds. The molecular weight excluding hydrogens is 439 g/mol. The van der Waals surface area contributed by atoms with E-state index < -0.39 is 11.7 Å². The number of halogens is 1. The van der Waals surface area contributed by atoms with Crippen molar-refractivity contribution in [1.82, 2.24) is 24.7 Å². The summed E-state index contributed by atoms with van der Waals surface area (Å²) in [5.74, 6) is -0.524. The Morgan fingerprint density at radius 1 is 1.21 bits per heavy atom. The fourth-order valence-corrected chi connectivity index (χ4v) is 3.69. The molecule has 4 heterocycles. The zero-order chi connectivity index (χ0) is 23.8. The van der Waals surface area contributed by atoms with Gasteiger partial charge in [-0.05, 0) is 37.3 Å². The maximum absolute atomic E-state index is 14.7. The van der Waals surface area contributed by atoms with E-state index in [1.165, 1.54) is 22.9 Å². The van der Waals surface area contributed by atoms with E-state index in [0.717, 1.165) is 0 Å². The quantitative estimate of drug-likeness (QED) is 0.409. The summed E-state index contributed by atoms with van der Waals surface area (Å²) in [5, 5.41) is 17.3. The Morgan fingerprint density at radius 2 is 2.06 bits per heavy atom. The van der Waals surface area contributed by atoms with Crippen molar-refractivity contribution >= 4 is 22.6 Å². The van der Waals surface area contributed by atoms with Crippen LogP contribution in [0.2, 0.25) is 0 Å². The average molecular weight is 458 g/mol. The fraction of sp³-hybridized carbons (Fsp3) is 0.125. The maximum atomic E-state index is 14.7. The Kier molecular flexibility index (Phi) is 5.34. The zero-order valence-electron chi connectivity index (χ0n) is 18.3. The Balaban J connectivity index is 1.48. The van der Waals surface area contributed by atoms with Crippen LogP contribution in [0.4, 0.5) is 10.1 Å². The third-order valence-electron chi connectivity index (χ3n) is 5.25. The van der Waals surface area contributed by atoms with Gasteiger partial charge in [-0.2, -0.15) is 0 Å². The van der Waals surface area contributed by atoms with E-state index in [4.69, 9.17) is 4.42 Å². The number of fused-ring (bicyclic) bond motifs is 1. The van der Waals surface area contributed by atoms with E-state index in [-0.39, 0.29) is 18.1 Å². The third kappa shape index (κ3) is 3.90. The number of nitrogens with one attached hydrogen (secondary N) is 1. The van der Waals surface area contributed by atoms with Gasteiger partial charge < -0.3 is 14.8 Å². The predicted octanol–water partition coefficient (Wildman–Crippen LogP) is 3.97. The molecule has 9 nitrogen and oxygen atoms in total. The van der Waals surface area contributed by atoms with Gasteiger partial charge in [0.2, 0.25) is 5.76 Å². The molecule has 0 radical (unpaired) electrons. The smallest absolute Gasteiger partial charge is 0.293 e. The number of hydrogen-bond donors (Lipinski definition) is 2. The first-order valence-corrected chi connectivity index (χ1v) is 10.4. The number of carbonyl (C=O) groups excluding carboxylic acids is 1. The first-order valence-electron chi connectivity index (χ1n) is 10.4. The van der Waals surface area contributed by atoms with Crippen LogP contribution in [0.1, 0.15) is 27.7 Å². The van der Waals surface area contributed by atoms with Crippen molar-refractivity contribution in [1.29, 1.82) is 0 Å². The number of oxazole rings is 1. The lowest BCUT2D eigenvalue weighted by molar-refractivity contribution is 0.0994. The lowest BCUT2D eigenvalue weighted by Crippen LogP contribution is -2.13. The van der Waals surface area contributed by atoms with Crippen LogP contribution in [0.25, 0.3) is 28.0 Å². The molecule has 0 aliphatic carbocycles. The lowest BCUT2D eigenvalue weighted by Gasteiger charge is -2.08. The van der Waals surface area contributed by atoms with Crippen LogP contribution in [0, 0.1) is 19.7 Å². The summed E-state index contributed by atoms with van der Waals surface area (Å²) < 4.78 is 21.4. The molecule has 1 aromatic carbocycles. The average Bonchev–Trinajstić information content (AvgIpc) is 3.41. The number of anilines is 1. The van der Waals surface area contributed by atoms with E-state index in [1.807, 2.05) is 6.07 Å². The molecule has 170 valence electrons. The highest BCUT2D eigenvalue weighted by atomic mass is 19.1. The van der Waals surface area contributed by atoms with Gasteiger partial charge in [0.25, 0.3) is 5.91 Å². The van der Waals surface area contributed by atoms with E-state index in [1.54, 1.807) is 44.6 Å². The zero-order valence-corrected chi connectivity index (χ0v) is 18.3. The van der Waals surface area contributed by atoms with Crippen molar-refractivity contribution in [3.63, 3.8) is 0 Å². The van der Waals surface area contributed by atoms with Gasteiger partial charge in [0.15, 0.2) is 11.5 Å². The molecule has 0 bridgehead atoms. The van der Waals surface area contributed by atoms with Crippen LogP contribution < -0.4 is 5.32 Å². The van der Waals surface area contributed by atoms with Crippen LogP contribution in [0.5, 0.6) is 0 Å². The van der Waals surface area contributed by atoms with Crippen molar-refractivity contribution in [3.05, 3.63) is 83.7 Å². The minimum Gasteiger partial charge on any atom is -0.436 e. The molecule has 0 saturated carbocycles. The summed E-state index contributed by atoms with van der Waals surface area (Å²) in [6, 6.07) is 9.53. The molecule has 0 spiro atoms. The number of aliphatic hydroxyl groups excluding tert-OH is 1. The molecule has 0 atom stereocenters. The van der Waals surface area contributed by atoms with E-state index in [0.29, 0.717) is 45.1 Å². The normalized spacial score (nSPS) is 11.2. The standard InChI is InChI=1S/C24H19FN6O3/c1-13-22(34-14(2)28-13)24(33)29-18-5-6-19(25)20(9-18)31-11-17-8-16(10-27-23(17)30-31)21-15(12-32)4-3-7-26-21/h3-11,32H,12H2,1-2H3,(H,29,33). The molecule has 0 unspecified atom stereocenters. The molecule has 4 aromatic heterocycles. The number of benzene rings is 1. The van der Waals surface area contributed by atoms with Gasteiger partial charge >= 0.3 is 0 Å². The van der Waals surface area contributed by atoms with Gasteiger partial charge in [0, 0.05) is 47.7 Å². The van der Waals surface area contributed by atoms with Crippen molar-refractivity contribution in [2.24, 2.45) is 0 Å². The van der Waals surface area contributed by atoms with Gasteiger partial charge in [-0.25, -0.2) is 19.0 Å². The topological polar surface area (TPSA) is 119 Å². The fourth-order valence-electron chi connectivity index (χ4n) is 3.69. The van der Waals surface area contributed by atoms with Crippen molar-refractivity contribution in [2.75, 3.05) is 5.32 Å². The molecule has 0 aliphatic rings. The SMILES string of the molecule is Cc1nc(C)c(C(=O)Nc2ccc(F)c(-n3cc4cc(-c5ncccc5CO)cnc4n3)c2)o1. The molecule has 5 aromatic rings. The summed E-state index contributed by atoms with van der Waals surface area (Å²) >= 11 is 0. The summed E-state index contributed by atoms with van der Waals surface area (Å²) in [5.41, 5.74) is 3.36. The first kappa shape index (κ1) is 21.4. The van der Waals surface area contributed by atoms with Gasteiger partial charge in [-0.1, -0.05) is 6.07 Å². The van der Waals surface area contributed by atoms with Gasteiger partial charge in [0.05, 0.1) is 18.0 Å². The molecule has 0 aliphatic heterocycles. The highest BCUT2D eigenvalue weighted by Gasteiger charge is 2.18. The number of aryl methyl sites for hydroxylation is 2. The van der Waals surface area contributed by atoms with Crippen LogP contribution in [-0.2, 0) is 6.61 Å². The van der Waals surface area contributed by atoms with Crippen LogP contribution in [0.3, 0.4) is 0 Å². The minimum absolute atomic E-state index is 0.0988. The number of nitrogens with zero attached hydrogens (tertiary/aromatic N) is 5. The van der Waals surface area contributed by atoms with Crippen LogP contribution in [0.15, 0.2) is 59.4 Å². The molecule has 34 heavy (non-hydrogen) atoms. The number of aromatic nitrogens is 5. The third-order valence-corrected chi connectivity index (χ3v) is 5.25. The first-order chi connectivity index (χ1) is 16.4. The van der Waals surface area contributed by atoms with Gasteiger partial charge in [-0.15, -0.1) is 5.10 Å².